The lowest BCUT2D eigenvalue weighted by Gasteiger charge is -2.40. The molecule has 0 saturated carbocycles. The molecule has 1 aliphatic rings. The molecule has 1 saturated heterocycles. The van der Waals surface area contributed by atoms with Gasteiger partial charge in [-0.2, -0.15) is 9.97 Å². The molecule has 1 fully saturated rings. The predicted molar refractivity (Wildman–Crippen MR) is 138 cm³/mol. The molecule has 0 spiro atoms. The van der Waals surface area contributed by atoms with Gasteiger partial charge in [0.25, 0.3) is 0 Å². The molecule has 3 heterocycles. The summed E-state index contributed by atoms with van der Waals surface area (Å²) in [6.45, 7) is 6.85. The molecule has 4 aromatic rings. The molecule has 0 amide bonds. The molecular formula is C25H30N6O3Si. The van der Waals surface area contributed by atoms with Gasteiger partial charge in [0.2, 0.25) is 15.0 Å². The second-order valence-corrected chi connectivity index (χ2v) is 12.1. The van der Waals surface area contributed by atoms with Crippen LogP contribution in [0.5, 0.6) is 0 Å². The third-order valence-corrected chi connectivity index (χ3v) is 8.83. The van der Waals surface area contributed by atoms with Crippen molar-refractivity contribution in [3.8, 4) is 0 Å². The molecule has 0 radical (unpaired) electrons. The van der Waals surface area contributed by atoms with Crippen LogP contribution in [0.3, 0.4) is 0 Å². The van der Waals surface area contributed by atoms with Gasteiger partial charge in [-0.1, -0.05) is 81.4 Å². The number of nitrogens with two attached hydrogens (primary N) is 2. The van der Waals surface area contributed by atoms with E-state index < -0.39 is 21.1 Å². The van der Waals surface area contributed by atoms with Crippen molar-refractivity contribution >= 4 is 42.3 Å². The molecule has 0 aliphatic carbocycles. The molecule has 2 aromatic heterocycles. The maximum Gasteiger partial charge on any atom is 0.240 e. The SMILES string of the molecule is CC(C)(C)[C@@]1(CO[SiH](c2ccccc2)c2ccccc2)OCC(n2cnc3c(N)nc(N)nc32)O1. The maximum atomic E-state index is 6.72. The van der Waals surface area contributed by atoms with Gasteiger partial charge in [-0.15, -0.1) is 0 Å². The summed E-state index contributed by atoms with van der Waals surface area (Å²) in [5, 5.41) is 2.39. The van der Waals surface area contributed by atoms with Gasteiger partial charge in [-0.05, 0) is 10.4 Å². The molecule has 1 aliphatic heterocycles. The zero-order valence-electron chi connectivity index (χ0n) is 20.1. The quantitative estimate of drug-likeness (QED) is 0.393. The van der Waals surface area contributed by atoms with Crippen molar-refractivity contribution in [3.63, 3.8) is 0 Å². The smallest absolute Gasteiger partial charge is 0.240 e. The zero-order chi connectivity index (χ0) is 24.6. The fourth-order valence-electron chi connectivity index (χ4n) is 4.32. The van der Waals surface area contributed by atoms with Crippen LogP contribution in [0.15, 0.2) is 67.0 Å². The minimum atomic E-state index is -1.99. The van der Waals surface area contributed by atoms with E-state index >= 15 is 0 Å². The number of nitrogens with zero attached hydrogens (tertiary/aromatic N) is 4. The fourth-order valence-corrected chi connectivity index (χ4v) is 6.62. The zero-order valence-corrected chi connectivity index (χ0v) is 21.2. The molecule has 9 nitrogen and oxygen atoms in total. The minimum absolute atomic E-state index is 0.0839. The first kappa shape index (κ1) is 23.4. The highest BCUT2D eigenvalue weighted by Crippen LogP contribution is 2.43. The Hall–Kier alpha value is -3.31. The lowest BCUT2D eigenvalue weighted by atomic mass is 9.86. The van der Waals surface area contributed by atoms with E-state index in [9.17, 15) is 0 Å². The highest BCUT2D eigenvalue weighted by Gasteiger charge is 2.52. The molecule has 0 bridgehead atoms. The summed E-state index contributed by atoms with van der Waals surface area (Å²) in [7, 11) is -1.99. The molecule has 10 heteroatoms. The molecular weight excluding hydrogens is 460 g/mol. The Kier molecular flexibility index (Phi) is 6.05. The third kappa shape index (κ3) is 4.41. The van der Waals surface area contributed by atoms with E-state index in [0.717, 1.165) is 0 Å². The van der Waals surface area contributed by atoms with Crippen LogP contribution < -0.4 is 21.8 Å². The monoisotopic (exact) mass is 490 g/mol. The van der Waals surface area contributed by atoms with Crippen LogP contribution in [-0.2, 0) is 13.9 Å². The standard InChI is InChI=1S/C25H30N6O3Si/c1-24(2,3)25(15-33-35(17-10-6-4-7-11-17)18-12-8-5-9-13-18)32-14-19(34-25)31-16-28-20-21(26)29-23(27)30-22(20)31/h4-13,16,19,35H,14-15H2,1-3H3,(H4,26,27,29,30)/t19?,25-/m0/s1. The summed E-state index contributed by atoms with van der Waals surface area (Å²) in [4.78, 5) is 12.7. The number of imidazole rings is 1. The van der Waals surface area contributed by atoms with Gasteiger partial charge >= 0.3 is 0 Å². The van der Waals surface area contributed by atoms with Crippen molar-refractivity contribution in [2.45, 2.75) is 32.8 Å². The van der Waals surface area contributed by atoms with Crippen molar-refractivity contribution < 1.29 is 13.9 Å². The number of anilines is 2. The summed E-state index contributed by atoms with van der Waals surface area (Å²) >= 11 is 0. The van der Waals surface area contributed by atoms with Crippen molar-refractivity contribution in [2.24, 2.45) is 5.41 Å². The van der Waals surface area contributed by atoms with Crippen molar-refractivity contribution in [1.82, 2.24) is 19.5 Å². The van der Waals surface area contributed by atoms with Crippen LogP contribution in [0, 0.1) is 5.41 Å². The van der Waals surface area contributed by atoms with E-state index in [0.29, 0.717) is 17.8 Å². The van der Waals surface area contributed by atoms with Crippen LogP contribution in [0.2, 0.25) is 0 Å². The van der Waals surface area contributed by atoms with E-state index in [4.69, 9.17) is 25.4 Å². The summed E-state index contributed by atoms with van der Waals surface area (Å²) in [6.07, 6.45) is 1.17. The molecule has 2 atom stereocenters. The van der Waals surface area contributed by atoms with Crippen molar-refractivity contribution in [2.75, 3.05) is 24.7 Å². The van der Waals surface area contributed by atoms with Crippen molar-refractivity contribution in [3.05, 3.63) is 67.0 Å². The second-order valence-electron chi connectivity index (χ2n) is 9.69. The van der Waals surface area contributed by atoms with Gasteiger partial charge in [-0.3, -0.25) is 4.57 Å². The summed E-state index contributed by atoms with van der Waals surface area (Å²) in [5.74, 6) is -0.663. The third-order valence-electron chi connectivity index (χ3n) is 6.35. The van der Waals surface area contributed by atoms with Gasteiger partial charge in [0.1, 0.15) is 5.52 Å². The molecule has 35 heavy (non-hydrogen) atoms. The normalized spacial score (nSPS) is 20.6. The predicted octanol–water partition coefficient (Wildman–Crippen LogP) is 1.83. The Balaban J connectivity index is 1.44. The van der Waals surface area contributed by atoms with E-state index in [-0.39, 0.29) is 23.8 Å². The first-order chi connectivity index (χ1) is 16.8. The van der Waals surface area contributed by atoms with E-state index in [2.05, 4.69) is 60.0 Å². The van der Waals surface area contributed by atoms with E-state index in [1.165, 1.54) is 10.4 Å². The van der Waals surface area contributed by atoms with Gasteiger partial charge < -0.3 is 25.4 Å². The number of ether oxygens (including phenoxy) is 2. The Labute approximate surface area is 205 Å². The van der Waals surface area contributed by atoms with Crippen LogP contribution in [0.1, 0.15) is 27.0 Å². The van der Waals surface area contributed by atoms with E-state index in [1.54, 1.807) is 10.9 Å². The van der Waals surface area contributed by atoms with Gasteiger partial charge in [0, 0.05) is 5.41 Å². The molecule has 5 rings (SSSR count). The average molecular weight is 491 g/mol. The number of hydrogen-bond donors (Lipinski definition) is 2. The lowest BCUT2D eigenvalue weighted by molar-refractivity contribution is -0.252. The number of aromatic nitrogens is 4. The minimum Gasteiger partial charge on any atom is -0.405 e. The fraction of sp³-hybridized carbons (Fsp3) is 0.320. The Morgan fingerprint density at radius 3 is 2.26 bits per heavy atom. The van der Waals surface area contributed by atoms with Crippen LogP contribution in [-0.4, -0.2) is 47.6 Å². The average Bonchev–Trinajstić information content (AvgIpc) is 3.46. The number of hydrogen-bond acceptors (Lipinski definition) is 8. The van der Waals surface area contributed by atoms with Crippen molar-refractivity contribution in [1.29, 1.82) is 0 Å². The summed E-state index contributed by atoms with van der Waals surface area (Å²) in [6, 6.07) is 20.7. The first-order valence-corrected chi connectivity index (χ1v) is 13.2. The van der Waals surface area contributed by atoms with Crippen LogP contribution in [0.4, 0.5) is 11.8 Å². The molecule has 1 unspecified atom stereocenters. The highest BCUT2D eigenvalue weighted by molar-refractivity contribution is 6.80. The summed E-state index contributed by atoms with van der Waals surface area (Å²) in [5.41, 5.74) is 12.4. The number of nitrogen functional groups attached to an aromatic ring is 2. The number of fused-ring (bicyclic) bond motifs is 1. The van der Waals surface area contributed by atoms with E-state index in [1.807, 2.05) is 36.4 Å². The lowest BCUT2D eigenvalue weighted by Crippen LogP contribution is -2.53. The van der Waals surface area contributed by atoms with Crippen LogP contribution in [0.25, 0.3) is 11.2 Å². The number of benzene rings is 2. The van der Waals surface area contributed by atoms with Gasteiger partial charge in [0.15, 0.2) is 23.5 Å². The first-order valence-electron chi connectivity index (χ1n) is 11.6. The molecule has 2 aromatic carbocycles. The Bertz CT molecular complexity index is 1270. The van der Waals surface area contributed by atoms with Gasteiger partial charge in [0.05, 0.1) is 19.5 Å². The molecule has 4 N–H and O–H groups in total. The van der Waals surface area contributed by atoms with Gasteiger partial charge in [-0.25, -0.2) is 4.98 Å². The number of rotatable bonds is 6. The largest absolute Gasteiger partial charge is 0.405 e. The maximum absolute atomic E-state index is 6.72. The Morgan fingerprint density at radius 1 is 1.03 bits per heavy atom. The molecule has 182 valence electrons. The highest BCUT2D eigenvalue weighted by atomic mass is 28.3. The Morgan fingerprint density at radius 2 is 1.66 bits per heavy atom. The van der Waals surface area contributed by atoms with Crippen LogP contribution >= 0.6 is 0 Å². The summed E-state index contributed by atoms with van der Waals surface area (Å²) < 4.78 is 21.5. The second kappa shape index (κ2) is 9.04. The topological polar surface area (TPSA) is 123 Å².